The normalized spacial score (nSPS) is 11.7. The molecule has 1 rings (SSSR count). The maximum Gasteiger partial charge on any atom is 0.191 e. The molecule has 2 N–H and O–H groups in total. The fraction of sp³-hybridized carbons (Fsp3) is 0.750. The van der Waals surface area contributed by atoms with Gasteiger partial charge in [-0.25, -0.2) is 4.98 Å². The van der Waals surface area contributed by atoms with Crippen LogP contribution >= 0.6 is 11.3 Å². The van der Waals surface area contributed by atoms with Crippen molar-refractivity contribution in [3.63, 3.8) is 0 Å². The highest BCUT2D eigenvalue weighted by Gasteiger charge is 2.04. The second kappa shape index (κ2) is 12.3. The van der Waals surface area contributed by atoms with E-state index >= 15 is 0 Å². The smallest absolute Gasteiger partial charge is 0.191 e. The number of rotatable bonds is 11. The summed E-state index contributed by atoms with van der Waals surface area (Å²) < 4.78 is 10.9. The number of aliphatic imine (C=N–C) groups is 1. The van der Waals surface area contributed by atoms with Crippen LogP contribution in [0.15, 0.2) is 4.99 Å². The standard InChI is InChI=1S/C16H30N4O2S/c1-5-6-8-21-10-11-22-9-7-18-16(17-4)19-12-15-20-13(2)14(3)23-15/h5-12H2,1-4H3,(H2,17,18,19). The average Bonchev–Trinajstić information content (AvgIpc) is 2.87. The monoisotopic (exact) mass is 342 g/mol. The molecule has 132 valence electrons. The second-order valence-corrected chi connectivity index (χ2v) is 6.47. The van der Waals surface area contributed by atoms with Crippen LogP contribution < -0.4 is 10.6 Å². The summed E-state index contributed by atoms with van der Waals surface area (Å²) in [5.74, 6) is 0.762. The number of aromatic nitrogens is 1. The number of guanidine groups is 1. The molecular weight excluding hydrogens is 312 g/mol. The highest BCUT2D eigenvalue weighted by Crippen LogP contribution is 2.15. The third-order valence-corrected chi connectivity index (χ3v) is 4.33. The van der Waals surface area contributed by atoms with Crippen molar-refractivity contribution in [3.8, 4) is 0 Å². The Hall–Kier alpha value is -1.18. The zero-order valence-corrected chi connectivity index (χ0v) is 15.6. The Morgan fingerprint density at radius 2 is 1.87 bits per heavy atom. The molecule has 0 aliphatic rings. The van der Waals surface area contributed by atoms with Crippen LogP contribution in [-0.4, -0.2) is 51.0 Å². The zero-order valence-electron chi connectivity index (χ0n) is 14.8. The van der Waals surface area contributed by atoms with Gasteiger partial charge in [0.1, 0.15) is 5.01 Å². The van der Waals surface area contributed by atoms with Crippen molar-refractivity contribution in [1.82, 2.24) is 15.6 Å². The second-order valence-electron chi connectivity index (χ2n) is 5.18. The summed E-state index contributed by atoms with van der Waals surface area (Å²) in [5, 5.41) is 7.55. The molecule has 0 radical (unpaired) electrons. The van der Waals surface area contributed by atoms with Crippen LogP contribution in [0, 0.1) is 13.8 Å². The van der Waals surface area contributed by atoms with Crippen molar-refractivity contribution >= 4 is 17.3 Å². The Morgan fingerprint density at radius 1 is 1.13 bits per heavy atom. The maximum atomic E-state index is 5.51. The SMILES string of the molecule is CCCCOCCOCCNC(=NC)NCc1nc(C)c(C)s1. The largest absolute Gasteiger partial charge is 0.379 e. The molecule has 0 aromatic carbocycles. The number of thiazole rings is 1. The van der Waals surface area contributed by atoms with Crippen LogP contribution in [0.3, 0.4) is 0 Å². The van der Waals surface area contributed by atoms with E-state index in [2.05, 4.69) is 34.5 Å². The Balaban J connectivity index is 2.06. The van der Waals surface area contributed by atoms with Gasteiger partial charge in [-0.3, -0.25) is 4.99 Å². The number of ether oxygens (including phenoxy) is 2. The molecule has 7 heteroatoms. The number of nitrogens with zero attached hydrogens (tertiary/aromatic N) is 2. The van der Waals surface area contributed by atoms with Crippen LogP contribution in [0.5, 0.6) is 0 Å². The molecule has 0 fully saturated rings. The quantitative estimate of drug-likeness (QED) is 0.367. The Labute approximate surface area is 143 Å². The fourth-order valence-electron chi connectivity index (χ4n) is 1.80. The molecule has 1 aromatic heterocycles. The molecule has 0 amide bonds. The number of nitrogens with one attached hydrogen (secondary N) is 2. The van der Waals surface area contributed by atoms with Gasteiger partial charge in [-0.2, -0.15) is 0 Å². The lowest BCUT2D eigenvalue weighted by Gasteiger charge is -2.11. The van der Waals surface area contributed by atoms with E-state index in [1.54, 1.807) is 18.4 Å². The van der Waals surface area contributed by atoms with Crippen LogP contribution in [-0.2, 0) is 16.0 Å². The van der Waals surface area contributed by atoms with E-state index in [0.29, 0.717) is 32.9 Å². The summed E-state index contributed by atoms with van der Waals surface area (Å²) in [6, 6.07) is 0. The number of unbranched alkanes of at least 4 members (excludes halogenated alkanes) is 1. The topological polar surface area (TPSA) is 67.8 Å². The van der Waals surface area contributed by atoms with Gasteiger partial charge in [0.15, 0.2) is 5.96 Å². The molecule has 1 heterocycles. The molecule has 0 aliphatic heterocycles. The van der Waals surface area contributed by atoms with Crippen LogP contribution in [0.25, 0.3) is 0 Å². The lowest BCUT2D eigenvalue weighted by Crippen LogP contribution is -2.38. The van der Waals surface area contributed by atoms with E-state index < -0.39 is 0 Å². The summed E-state index contributed by atoms with van der Waals surface area (Å²) in [6.07, 6.45) is 2.28. The molecule has 0 bridgehead atoms. The first-order valence-electron chi connectivity index (χ1n) is 8.20. The third kappa shape index (κ3) is 8.88. The maximum absolute atomic E-state index is 5.51. The summed E-state index contributed by atoms with van der Waals surface area (Å²) in [6.45, 7) is 10.4. The molecule has 0 saturated heterocycles. The van der Waals surface area contributed by atoms with Crippen molar-refractivity contribution in [1.29, 1.82) is 0 Å². The van der Waals surface area contributed by atoms with Gasteiger partial charge >= 0.3 is 0 Å². The fourth-order valence-corrected chi connectivity index (χ4v) is 2.68. The lowest BCUT2D eigenvalue weighted by atomic mass is 10.4. The predicted octanol–water partition coefficient (Wildman–Crippen LogP) is 2.26. The first-order valence-corrected chi connectivity index (χ1v) is 9.02. The molecule has 0 saturated carbocycles. The summed E-state index contributed by atoms with van der Waals surface area (Å²) in [7, 11) is 1.76. The van der Waals surface area contributed by atoms with Gasteiger partial charge in [-0.05, 0) is 20.3 Å². The molecular formula is C16H30N4O2S. The van der Waals surface area contributed by atoms with Gasteiger partial charge in [0, 0.05) is 25.1 Å². The molecule has 0 unspecified atom stereocenters. The highest BCUT2D eigenvalue weighted by atomic mass is 32.1. The Bertz CT molecular complexity index is 443. The number of aryl methyl sites for hydroxylation is 2. The first kappa shape index (κ1) is 19.9. The minimum absolute atomic E-state index is 0.632. The van der Waals surface area contributed by atoms with Gasteiger partial charge in [0.05, 0.1) is 32.1 Å². The van der Waals surface area contributed by atoms with E-state index in [-0.39, 0.29) is 0 Å². The van der Waals surface area contributed by atoms with E-state index in [1.807, 2.05) is 6.92 Å². The highest BCUT2D eigenvalue weighted by molar-refractivity contribution is 7.11. The van der Waals surface area contributed by atoms with Crippen molar-refractivity contribution in [2.75, 3.05) is 40.0 Å². The van der Waals surface area contributed by atoms with Gasteiger partial charge in [-0.1, -0.05) is 13.3 Å². The minimum Gasteiger partial charge on any atom is -0.379 e. The Kier molecular flexibility index (Phi) is 10.6. The summed E-state index contributed by atoms with van der Waals surface area (Å²) >= 11 is 1.71. The molecule has 0 atom stereocenters. The van der Waals surface area contributed by atoms with Crippen LogP contribution in [0.2, 0.25) is 0 Å². The molecule has 1 aromatic rings. The van der Waals surface area contributed by atoms with Gasteiger partial charge in [0.2, 0.25) is 0 Å². The van der Waals surface area contributed by atoms with Gasteiger partial charge < -0.3 is 20.1 Å². The van der Waals surface area contributed by atoms with Gasteiger partial charge in [-0.15, -0.1) is 11.3 Å². The summed E-state index contributed by atoms with van der Waals surface area (Å²) in [5.41, 5.74) is 1.10. The van der Waals surface area contributed by atoms with E-state index in [9.17, 15) is 0 Å². The molecule has 0 aliphatic carbocycles. The van der Waals surface area contributed by atoms with Crippen molar-refractivity contribution in [2.24, 2.45) is 4.99 Å². The summed E-state index contributed by atoms with van der Waals surface area (Å²) in [4.78, 5) is 9.96. The van der Waals surface area contributed by atoms with Crippen molar-refractivity contribution in [2.45, 2.75) is 40.2 Å². The molecule has 0 spiro atoms. The predicted molar refractivity (Wildman–Crippen MR) is 96.3 cm³/mol. The molecule has 6 nitrogen and oxygen atoms in total. The Morgan fingerprint density at radius 3 is 2.48 bits per heavy atom. The molecule has 23 heavy (non-hydrogen) atoms. The minimum atomic E-state index is 0.632. The van der Waals surface area contributed by atoms with Crippen molar-refractivity contribution < 1.29 is 9.47 Å². The average molecular weight is 343 g/mol. The number of hydrogen-bond acceptors (Lipinski definition) is 5. The van der Waals surface area contributed by atoms with E-state index in [1.165, 1.54) is 4.88 Å². The third-order valence-electron chi connectivity index (χ3n) is 3.26. The van der Waals surface area contributed by atoms with Crippen LogP contribution in [0.4, 0.5) is 0 Å². The van der Waals surface area contributed by atoms with Gasteiger partial charge in [0.25, 0.3) is 0 Å². The van der Waals surface area contributed by atoms with E-state index in [4.69, 9.17) is 9.47 Å². The lowest BCUT2D eigenvalue weighted by molar-refractivity contribution is 0.0487. The van der Waals surface area contributed by atoms with Crippen LogP contribution in [0.1, 0.15) is 35.3 Å². The van der Waals surface area contributed by atoms with E-state index in [0.717, 1.165) is 36.1 Å². The van der Waals surface area contributed by atoms with Crippen molar-refractivity contribution in [3.05, 3.63) is 15.6 Å². The number of hydrogen-bond donors (Lipinski definition) is 2. The first-order chi connectivity index (χ1) is 11.2. The zero-order chi connectivity index (χ0) is 16.9.